The van der Waals surface area contributed by atoms with Crippen LogP contribution in [-0.2, 0) is 27.2 Å². The third kappa shape index (κ3) is 4.93. The first kappa shape index (κ1) is 19.2. The van der Waals surface area contributed by atoms with Gasteiger partial charge in [0.05, 0.1) is 13.1 Å². The van der Waals surface area contributed by atoms with Gasteiger partial charge in [-0.2, -0.15) is 5.10 Å². The molecule has 1 aromatic heterocycles. The van der Waals surface area contributed by atoms with E-state index in [-0.39, 0.29) is 24.7 Å². The largest absolute Gasteiger partial charge is 0.444 e. The molecule has 0 saturated heterocycles. The van der Waals surface area contributed by atoms with Crippen molar-refractivity contribution in [2.24, 2.45) is 0 Å². The average Bonchev–Trinajstić information content (AvgIpc) is 2.97. The molecule has 0 atom stereocenters. The third-order valence-corrected chi connectivity index (χ3v) is 3.76. The van der Waals surface area contributed by atoms with Crippen LogP contribution in [0.1, 0.15) is 42.5 Å². The number of methoxy groups -OCH3 is 2. The number of hydrogen-bond donors (Lipinski definition) is 2. The molecule has 2 rings (SSSR count). The highest BCUT2D eigenvalue weighted by Crippen LogP contribution is 2.22. The normalized spacial score (nSPS) is 14.4. The minimum atomic E-state index is -0.566. The summed E-state index contributed by atoms with van der Waals surface area (Å²) >= 11 is 0. The second kappa shape index (κ2) is 7.83. The fourth-order valence-electron chi connectivity index (χ4n) is 2.49. The molecule has 0 aromatic carbocycles. The zero-order valence-corrected chi connectivity index (χ0v) is 15.3. The van der Waals surface area contributed by atoms with E-state index >= 15 is 0 Å². The number of amides is 2. The van der Waals surface area contributed by atoms with E-state index in [0.717, 1.165) is 5.69 Å². The number of aromatic amines is 1. The van der Waals surface area contributed by atoms with E-state index in [1.54, 1.807) is 4.90 Å². The summed E-state index contributed by atoms with van der Waals surface area (Å²) in [6.45, 7) is 6.45. The number of hydrogen-bond acceptors (Lipinski definition) is 6. The van der Waals surface area contributed by atoms with Gasteiger partial charge in [0.25, 0.3) is 5.91 Å². The molecule has 0 aliphatic carbocycles. The molecular formula is C16H26N4O5. The van der Waals surface area contributed by atoms with E-state index in [0.29, 0.717) is 18.5 Å². The lowest BCUT2D eigenvalue weighted by Crippen LogP contribution is -2.40. The lowest BCUT2D eigenvalue weighted by molar-refractivity contribution is -0.0974. The van der Waals surface area contributed by atoms with Crippen molar-refractivity contribution in [3.8, 4) is 0 Å². The number of carbonyl (C=O) groups excluding carboxylic acids is 2. The first-order chi connectivity index (χ1) is 11.7. The van der Waals surface area contributed by atoms with Gasteiger partial charge in [0.1, 0.15) is 5.60 Å². The van der Waals surface area contributed by atoms with Crippen molar-refractivity contribution < 1.29 is 23.8 Å². The topological polar surface area (TPSA) is 106 Å². The Labute approximate surface area is 147 Å². The van der Waals surface area contributed by atoms with Gasteiger partial charge in [-0.1, -0.05) is 0 Å². The van der Waals surface area contributed by atoms with Crippen LogP contribution in [0.15, 0.2) is 0 Å². The summed E-state index contributed by atoms with van der Waals surface area (Å²) in [5.74, 6) is -0.345. The van der Waals surface area contributed by atoms with Crippen LogP contribution < -0.4 is 5.32 Å². The molecule has 1 aliphatic rings. The van der Waals surface area contributed by atoms with Crippen LogP contribution >= 0.6 is 0 Å². The van der Waals surface area contributed by atoms with Gasteiger partial charge in [0.15, 0.2) is 12.0 Å². The average molecular weight is 354 g/mol. The highest BCUT2D eigenvalue weighted by atomic mass is 16.7. The van der Waals surface area contributed by atoms with Crippen molar-refractivity contribution in [1.29, 1.82) is 0 Å². The van der Waals surface area contributed by atoms with Gasteiger partial charge in [-0.15, -0.1) is 0 Å². The highest BCUT2D eigenvalue weighted by molar-refractivity contribution is 5.94. The van der Waals surface area contributed by atoms with Crippen molar-refractivity contribution >= 4 is 12.0 Å². The van der Waals surface area contributed by atoms with Crippen molar-refractivity contribution in [3.05, 3.63) is 17.0 Å². The molecule has 9 heteroatoms. The molecule has 0 radical (unpaired) electrons. The molecule has 0 fully saturated rings. The van der Waals surface area contributed by atoms with Gasteiger partial charge < -0.3 is 24.4 Å². The second-order valence-corrected chi connectivity index (χ2v) is 6.79. The van der Waals surface area contributed by atoms with Gasteiger partial charge in [0, 0.05) is 38.4 Å². The summed E-state index contributed by atoms with van der Waals surface area (Å²) in [4.78, 5) is 26.2. The Morgan fingerprint density at radius 2 is 2.00 bits per heavy atom. The predicted octanol–water partition coefficient (Wildman–Crippen LogP) is 1.05. The van der Waals surface area contributed by atoms with Gasteiger partial charge in [-0.05, 0) is 20.8 Å². The number of aromatic nitrogens is 2. The van der Waals surface area contributed by atoms with Crippen LogP contribution in [0.25, 0.3) is 0 Å². The Hall–Kier alpha value is -2.13. The van der Waals surface area contributed by atoms with E-state index in [4.69, 9.17) is 14.2 Å². The number of fused-ring (bicyclic) bond motifs is 1. The molecule has 0 spiro atoms. The standard InChI is InChI=1S/C16H26N4O5/c1-16(2,3)25-15(22)20-7-6-11-10(9-20)13(19-18-11)14(21)17-8-12(23-4)24-5/h12H,6-9H2,1-5H3,(H,17,21)(H,18,19). The van der Waals surface area contributed by atoms with Gasteiger partial charge in [-0.25, -0.2) is 4.79 Å². The maximum atomic E-state index is 12.4. The SMILES string of the molecule is COC(CNC(=O)c1n[nH]c2c1CN(C(=O)OC(C)(C)C)CC2)OC. The number of ether oxygens (including phenoxy) is 3. The molecule has 0 bridgehead atoms. The smallest absolute Gasteiger partial charge is 0.410 e. The fourth-order valence-corrected chi connectivity index (χ4v) is 2.49. The Balaban J connectivity index is 2.05. The summed E-state index contributed by atoms with van der Waals surface area (Å²) in [6, 6.07) is 0. The van der Waals surface area contributed by atoms with E-state index in [2.05, 4.69) is 15.5 Å². The van der Waals surface area contributed by atoms with Gasteiger partial charge >= 0.3 is 6.09 Å². The van der Waals surface area contributed by atoms with Crippen molar-refractivity contribution in [2.75, 3.05) is 27.3 Å². The number of rotatable bonds is 5. The van der Waals surface area contributed by atoms with Crippen LogP contribution in [-0.4, -0.2) is 66.3 Å². The summed E-state index contributed by atoms with van der Waals surface area (Å²) in [6.07, 6.45) is -0.338. The predicted molar refractivity (Wildman–Crippen MR) is 89.1 cm³/mol. The molecule has 2 heterocycles. The molecule has 0 saturated carbocycles. The second-order valence-electron chi connectivity index (χ2n) is 6.79. The van der Waals surface area contributed by atoms with E-state index in [9.17, 15) is 9.59 Å². The van der Waals surface area contributed by atoms with E-state index < -0.39 is 18.0 Å². The summed E-state index contributed by atoms with van der Waals surface area (Å²) < 4.78 is 15.5. The minimum absolute atomic E-state index is 0.198. The molecule has 1 aromatic rings. The first-order valence-electron chi connectivity index (χ1n) is 8.13. The Morgan fingerprint density at radius 3 is 2.60 bits per heavy atom. The maximum Gasteiger partial charge on any atom is 0.410 e. The molecule has 2 amide bonds. The highest BCUT2D eigenvalue weighted by Gasteiger charge is 2.30. The first-order valence-corrected chi connectivity index (χ1v) is 8.13. The summed E-state index contributed by atoms with van der Waals surface area (Å²) in [5.41, 5.74) is 1.28. The third-order valence-electron chi connectivity index (χ3n) is 3.76. The zero-order chi connectivity index (χ0) is 18.6. The van der Waals surface area contributed by atoms with Gasteiger partial charge in [-0.3, -0.25) is 9.89 Å². The minimum Gasteiger partial charge on any atom is -0.444 e. The molecule has 9 nitrogen and oxygen atoms in total. The van der Waals surface area contributed by atoms with Crippen LogP contribution in [0.4, 0.5) is 4.79 Å². The van der Waals surface area contributed by atoms with Crippen molar-refractivity contribution in [2.45, 2.75) is 45.6 Å². The lowest BCUT2D eigenvalue weighted by Gasteiger charge is -2.30. The molecule has 25 heavy (non-hydrogen) atoms. The number of nitrogens with zero attached hydrogens (tertiary/aromatic N) is 2. The Morgan fingerprint density at radius 1 is 1.32 bits per heavy atom. The quantitative estimate of drug-likeness (QED) is 0.766. The molecule has 0 unspecified atom stereocenters. The Bertz CT molecular complexity index is 619. The van der Waals surface area contributed by atoms with Crippen molar-refractivity contribution in [3.63, 3.8) is 0 Å². The molecule has 140 valence electrons. The zero-order valence-electron chi connectivity index (χ0n) is 15.3. The Kier molecular flexibility index (Phi) is 6.02. The van der Waals surface area contributed by atoms with E-state index in [1.165, 1.54) is 14.2 Å². The molecule has 2 N–H and O–H groups in total. The maximum absolute atomic E-state index is 12.4. The van der Waals surface area contributed by atoms with Crippen LogP contribution in [0.2, 0.25) is 0 Å². The summed E-state index contributed by atoms with van der Waals surface area (Å²) in [7, 11) is 2.99. The number of carbonyl (C=O) groups is 2. The lowest BCUT2D eigenvalue weighted by atomic mass is 10.1. The van der Waals surface area contributed by atoms with Crippen LogP contribution in [0.3, 0.4) is 0 Å². The monoisotopic (exact) mass is 354 g/mol. The summed E-state index contributed by atoms with van der Waals surface area (Å²) in [5, 5.41) is 9.69. The van der Waals surface area contributed by atoms with Crippen molar-refractivity contribution in [1.82, 2.24) is 20.4 Å². The molecular weight excluding hydrogens is 328 g/mol. The van der Waals surface area contributed by atoms with Crippen LogP contribution in [0, 0.1) is 0 Å². The van der Waals surface area contributed by atoms with Gasteiger partial charge in [0.2, 0.25) is 0 Å². The number of nitrogens with one attached hydrogen (secondary N) is 2. The van der Waals surface area contributed by atoms with E-state index in [1.807, 2.05) is 20.8 Å². The van der Waals surface area contributed by atoms with Crippen LogP contribution in [0.5, 0.6) is 0 Å². The fraction of sp³-hybridized carbons (Fsp3) is 0.688. The molecule has 1 aliphatic heterocycles. The number of H-pyrrole nitrogens is 1.